The summed E-state index contributed by atoms with van der Waals surface area (Å²) in [5, 5.41) is 3.37. The highest BCUT2D eigenvalue weighted by Crippen LogP contribution is 2.17. The number of aryl methyl sites for hydroxylation is 2. The molecule has 0 bridgehead atoms. The summed E-state index contributed by atoms with van der Waals surface area (Å²) in [7, 11) is 0. The van der Waals surface area contributed by atoms with E-state index in [0.29, 0.717) is 6.61 Å². The van der Waals surface area contributed by atoms with Crippen molar-refractivity contribution >= 4 is 0 Å². The number of hydrogen-bond donors (Lipinski definition) is 1. The van der Waals surface area contributed by atoms with Crippen molar-refractivity contribution in [2.75, 3.05) is 6.54 Å². The van der Waals surface area contributed by atoms with Crippen LogP contribution in [0, 0.1) is 13.8 Å². The van der Waals surface area contributed by atoms with E-state index in [4.69, 9.17) is 4.74 Å². The Bertz CT molecular complexity index is 544. The van der Waals surface area contributed by atoms with Gasteiger partial charge in [-0.2, -0.15) is 0 Å². The molecule has 0 fully saturated rings. The number of rotatable bonds is 7. The third kappa shape index (κ3) is 5.20. The van der Waals surface area contributed by atoms with Crippen LogP contribution < -0.4 is 10.1 Å². The molecule has 0 aliphatic carbocycles. The van der Waals surface area contributed by atoms with E-state index >= 15 is 0 Å². The summed E-state index contributed by atoms with van der Waals surface area (Å²) in [4.78, 5) is 4.45. The normalized spacial score (nSPS) is 10.6. The van der Waals surface area contributed by atoms with Gasteiger partial charge in [0.1, 0.15) is 12.4 Å². The first-order valence-electron chi connectivity index (χ1n) is 7.53. The summed E-state index contributed by atoms with van der Waals surface area (Å²) in [6, 6.07) is 10.4. The quantitative estimate of drug-likeness (QED) is 0.786. The zero-order valence-electron chi connectivity index (χ0n) is 13.1. The molecule has 1 heterocycles. The van der Waals surface area contributed by atoms with Crippen LogP contribution in [-0.2, 0) is 13.2 Å². The van der Waals surface area contributed by atoms with Crippen LogP contribution >= 0.6 is 0 Å². The fourth-order valence-corrected chi connectivity index (χ4v) is 2.23. The molecule has 3 nitrogen and oxygen atoms in total. The Kier molecular flexibility index (Phi) is 5.76. The average Bonchev–Trinajstić information content (AvgIpc) is 2.46. The molecular weight excluding hydrogens is 260 g/mol. The summed E-state index contributed by atoms with van der Waals surface area (Å²) in [6.07, 6.45) is 3.07. The molecule has 2 rings (SSSR count). The lowest BCUT2D eigenvalue weighted by Gasteiger charge is -2.08. The van der Waals surface area contributed by atoms with E-state index in [0.717, 1.165) is 31.0 Å². The van der Waals surface area contributed by atoms with Crippen molar-refractivity contribution in [2.45, 2.75) is 40.3 Å². The topological polar surface area (TPSA) is 34.1 Å². The summed E-state index contributed by atoms with van der Waals surface area (Å²) in [5.74, 6) is 0.906. The van der Waals surface area contributed by atoms with Gasteiger partial charge in [-0.3, -0.25) is 4.98 Å². The van der Waals surface area contributed by atoms with Crippen molar-refractivity contribution in [3.8, 4) is 5.75 Å². The smallest absolute Gasteiger partial charge is 0.130 e. The lowest BCUT2D eigenvalue weighted by Crippen LogP contribution is -2.14. The molecular formula is C18H24N2O. The minimum absolute atomic E-state index is 0.506. The minimum atomic E-state index is 0.506. The van der Waals surface area contributed by atoms with Crippen LogP contribution in [0.2, 0.25) is 0 Å². The van der Waals surface area contributed by atoms with Crippen molar-refractivity contribution in [1.29, 1.82) is 0 Å². The first kappa shape index (κ1) is 15.5. The number of ether oxygens (including phenoxy) is 1. The zero-order chi connectivity index (χ0) is 15.1. The molecule has 0 aliphatic heterocycles. The number of nitrogens with zero attached hydrogens (tertiary/aromatic N) is 1. The van der Waals surface area contributed by atoms with Crippen LogP contribution in [0.1, 0.15) is 35.7 Å². The first-order chi connectivity index (χ1) is 10.2. The van der Waals surface area contributed by atoms with Crippen LogP contribution in [0.15, 0.2) is 36.5 Å². The molecule has 0 aliphatic rings. The molecule has 0 atom stereocenters. The molecule has 0 saturated heterocycles. The second-order valence-electron chi connectivity index (χ2n) is 5.45. The third-order valence-corrected chi connectivity index (χ3v) is 3.22. The average molecular weight is 284 g/mol. The van der Waals surface area contributed by atoms with Gasteiger partial charge in [0.15, 0.2) is 0 Å². The predicted molar refractivity (Wildman–Crippen MR) is 86.5 cm³/mol. The van der Waals surface area contributed by atoms with Gasteiger partial charge in [-0.15, -0.1) is 0 Å². The van der Waals surface area contributed by atoms with Gasteiger partial charge in [0, 0.05) is 12.7 Å². The predicted octanol–water partition coefficient (Wildman–Crippen LogP) is 3.78. The summed E-state index contributed by atoms with van der Waals surface area (Å²) in [5.41, 5.74) is 4.60. The van der Waals surface area contributed by atoms with Crippen molar-refractivity contribution in [3.05, 3.63) is 58.9 Å². The first-order valence-corrected chi connectivity index (χ1v) is 7.53. The van der Waals surface area contributed by atoms with E-state index < -0.39 is 0 Å². The Morgan fingerprint density at radius 3 is 2.48 bits per heavy atom. The Morgan fingerprint density at radius 2 is 1.86 bits per heavy atom. The van der Waals surface area contributed by atoms with Gasteiger partial charge in [0.25, 0.3) is 0 Å². The maximum Gasteiger partial charge on any atom is 0.130 e. The van der Waals surface area contributed by atoms with Gasteiger partial charge < -0.3 is 10.1 Å². The van der Waals surface area contributed by atoms with E-state index in [1.807, 2.05) is 12.3 Å². The second kappa shape index (κ2) is 7.79. The van der Waals surface area contributed by atoms with Gasteiger partial charge >= 0.3 is 0 Å². The summed E-state index contributed by atoms with van der Waals surface area (Å²) in [6.45, 7) is 8.74. The molecule has 2 aromatic rings. The highest BCUT2D eigenvalue weighted by atomic mass is 16.5. The maximum absolute atomic E-state index is 5.81. The highest BCUT2D eigenvalue weighted by Gasteiger charge is 2.00. The lowest BCUT2D eigenvalue weighted by molar-refractivity contribution is 0.301. The van der Waals surface area contributed by atoms with Crippen LogP contribution in [0.4, 0.5) is 0 Å². The number of nitrogens with one attached hydrogen (secondary N) is 1. The highest BCUT2D eigenvalue weighted by molar-refractivity contribution is 5.33. The molecule has 0 radical (unpaired) electrons. The Hall–Kier alpha value is -1.87. The SMILES string of the molecule is CCCNCc1ccc(COc2cc(C)cc(C)c2)nc1. The van der Waals surface area contributed by atoms with Gasteiger partial charge in [0.05, 0.1) is 5.69 Å². The molecule has 0 unspecified atom stereocenters. The molecule has 1 N–H and O–H groups in total. The molecule has 0 spiro atoms. The second-order valence-corrected chi connectivity index (χ2v) is 5.45. The lowest BCUT2D eigenvalue weighted by atomic mass is 10.1. The van der Waals surface area contributed by atoms with E-state index in [1.165, 1.54) is 16.7 Å². The molecule has 0 saturated carbocycles. The Morgan fingerprint density at radius 1 is 1.10 bits per heavy atom. The molecule has 1 aromatic carbocycles. The summed E-state index contributed by atoms with van der Waals surface area (Å²) < 4.78 is 5.81. The van der Waals surface area contributed by atoms with Gasteiger partial charge in [-0.05, 0) is 61.7 Å². The maximum atomic E-state index is 5.81. The number of aromatic nitrogens is 1. The van der Waals surface area contributed by atoms with E-state index in [1.54, 1.807) is 0 Å². The van der Waals surface area contributed by atoms with Crippen LogP contribution in [0.3, 0.4) is 0 Å². The Labute approximate surface area is 127 Å². The van der Waals surface area contributed by atoms with Crippen LogP contribution in [-0.4, -0.2) is 11.5 Å². The Balaban J connectivity index is 1.88. The third-order valence-electron chi connectivity index (χ3n) is 3.22. The van der Waals surface area contributed by atoms with Crippen molar-refractivity contribution < 1.29 is 4.74 Å². The largest absolute Gasteiger partial charge is 0.487 e. The van der Waals surface area contributed by atoms with Crippen molar-refractivity contribution in [1.82, 2.24) is 10.3 Å². The van der Waals surface area contributed by atoms with E-state index in [-0.39, 0.29) is 0 Å². The number of benzene rings is 1. The molecule has 3 heteroatoms. The monoisotopic (exact) mass is 284 g/mol. The molecule has 0 amide bonds. The van der Waals surface area contributed by atoms with E-state index in [9.17, 15) is 0 Å². The minimum Gasteiger partial charge on any atom is -0.487 e. The fourth-order valence-electron chi connectivity index (χ4n) is 2.23. The van der Waals surface area contributed by atoms with Crippen LogP contribution in [0.25, 0.3) is 0 Å². The standard InChI is InChI=1S/C18H24N2O/c1-4-7-19-11-16-5-6-17(20-12-16)13-21-18-9-14(2)8-15(3)10-18/h5-6,8-10,12,19H,4,7,11,13H2,1-3H3. The van der Waals surface area contributed by atoms with Crippen molar-refractivity contribution in [2.24, 2.45) is 0 Å². The zero-order valence-corrected chi connectivity index (χ0v) is 13.1. The fraction of sp³-hybridized carbons (Fsp3) is 0.389. The number of hydrogen-bond acceptors (Lipinski definition) is 3. The molecule has 1 aromatic heterocycles. The molecule has 112 valence electrons. The van der Waals surface area contributed by atoms with E-state index in [2.05, 4.69) is 55.3 Å². The van der Waals surface area contributed by atoms with Crippen molar-refractivity contribution in [3.63, 3.8) is 0 Å². The van der Waals surface area contributed by atoms with Crippen LogP contribution in [0.5, 0.6) is 5.75 Å². The molecule has 21 heavy (non-hydrogen) atoms. The van der Waals surface area contributed by atoms with Gasteiger partial charge in [-0.25, -0.2) is 0 Å². The summed E-state index contributed by atoms with van der Waals surface area (Å²) >= 11 is 0. The van der Waals surface area contributed by atoms with Gasteiger partial charge in [-0.1, -0.05) is 19.1 Å². The number of pyridine rings is 1. The van der Waals surface area contributed by atoms with Gasteiger partial charge in [0.2, 0.25) is 0 Å².